The number of nitrogen functional groups attached to an aromatic ring is 1. The molecule has 0 aliphatic carbocycles. The highest BCUT2D eigenvalue weighted by atomic mass is 16.6. The maximum atomic E-state index is 9.61. The van der Waals surface area contributed by atoms with Gasteiger partial charge in [0.15, 0.2) is 6.23 Å². The number of nitrogens with zero attached hydrogens (tertiary/aromatic N) is 3. The molecule has 0 aromatic carbocycles. The van der Waals surface area contributed by atoms with Crippen LogP contribution in [0.15, 0.2) is 6.33 Å². The molecule has 1 aromatic rings. The molecule has 2 rings (SSSR count). The zero-order chi connectivity index (χ0) is 11.0. The summed E-state index contributed by atoms with van der Waals surface area (Å²) in [5.41, 5.74) is 5.30. The lowest BCUT2D eigenvalue weighted by molar-refractivity contribution is -0.0586. The molecule has 0 radical (unpaired) electrons. The second-order valence-electron chi connectivity index (χ2n) is 3.31. The molecule has 84 valence electrons. The van der Waals surface area contributed by atoms with E-state index in [0.717, 1.165) is 0 Å². The standard InChI is InChI=1S/C7H12N4O4/c8-7-9-2-11(10-7)6-5(14)4(13)3(1-12)15-6/h2-6,12-14H,1H2,(H2,8,10)/t3-,4-,5-,6-/m1/s1. The Kier molecular flexibility index (Phi) is 2.57. The van der Waals surface area contributed by atoms with E-state index in [1.54, 1.807) is 0 Å². The molecule has 1 aliphatic heterocycles. The first-order chi connectivity index (χ1) is 7.13. The topological polar surface area (TPSA) is 127 Å². The number of hydrogen-bond donors (Lipinski definition) is 4. The summed E-state index contributed by atoms with van der Waals surface area (Å²) in [7, 11) is 0. The van der Waals surface area contributed by atoms with Gasteiger partial charge in [-0.25, -0.2) is 9.67 Å². The van der Waals surface area contributed by atoms with Gasteiger partial charge in [0.05, 0.1) is 6.61 Å². The number of aliphatic hydroxyl groups is 3. The van der Waals surface area contributed by atoms with Gasteiger partial charge in [0, 0.05) is 0 Å². The fraction of sp³-hybridized carbons (Fsp3) is 0.714. The van der Waals surface area contributed by atoms with Crippen LogP contribution in [0.1, 0.15) is 6.23 Å². The maximum absolute atomic E-state index is 9.61. The molecule has 0 amide bonds. The Labute approximate surface area is 84.9 Å². The average molecular weight is 216 g/mol. The van der Waals surface area contributed by atoms with E-state index in [0.29, 0.717) is 0 Å². The molecule has 0 bridgehead atoms. The van der Waals surface area contributed by atoms with Gasteiger partial charge in [-0.05, 0) is 0 Å². The van der Waals surface area contributed by atoms with E-state index in [4.69, 9.17) is 15.6 Å². The molecule has 0 spiro atoms. The molecule has 1 saturated heterocycles. The number of hydrogen-bond acceptors (Lipinski definition) is 7. The van der Waals surface area contributed by atoms with Gasteiger partial charge in [-0.1, -0.05) is 0 Å². The molecular formula is C7H12N4O4. The number of ether oxygens (including phenoxy) is 1. The van der Waals surface area contributed by atoms with E-state index in [1.807, 2.05) is 0 Å². The van der Waals surface area contributed by atoms with Gasteiger partial charge in [0.2, 0.25) is 5.95 Å². The molecule has 5 N–H and O–H groups in total. The second-order valence-corrected chi connectivity index (χ2v) is 3.31. The van der Waals surface area contributed by atoms with E-state index < -0.39 is 24.5 Å². The largest absolute Gasteiger partial charge is 0.394 e. The molecule has 4 atom stereocenters. The van der Waals surface area contributed by atoms with Crippen LogP contribution in [0.2, 0.25) is 0 Å². The van der Waals surface area contributed by atoms with Crippen LogP contribution in [0.3, 0.4) is 0 Å². The Balaban J connectivity index is 2.18. The van der Waals surface area contributed by atoms with E-state index in [9.17, 15) is 10.2 Å². The van der Waals surface area contributed by atoms with Crippen molar-refractivity contribution in [2.75, 3.05) is 12.3 Å². The van der Waals surface area contributed by atoms with Crippen LogP contribution in [0.25, 0.3) is 0 Å². The third kappa shape index (κ3) is 1.67. The van der Waals surface area contributed by atoms with Crippen LogP contribution < -0.4 is 5.73 Å². The van der Waals surface area contributed by atoms with Crippen LogP contribution in [0.4, 0.5) is 5.95 Å². The predicted octanol–water partition coefficient (Wildman–Crippen LogP) is -2.53. The summed E-state index contributed by atoms with van der Waals surface area (Å²) in [5.74, 6) is 0.0488. The van der Waals surface area contributed by atoms with Crippen molar-refractivity contribution < 1.29 is 20.1 Å². The van der Waals surface area contributed by atoms with Gasteiger partial charge >= 0.3 is 0 Å². The van der Waals surface area contributed by atoms with Gasteiger partial charge in [-0.15, -0.1) is 5.10 Å². The minimum absolute atomic E-state index is 0.0488. The van der Waals surface area contributed by atoms with Crippen molar-refractivity contribution in [2.45, 2.75) is 24.5 Å². The molecule has 8 heteroatoms. The minimum atomic E-state index is -1.16. The van der Waals surface area contributed by atoms with Crippen molar-refractivity contribution in [1.29, 1.82) is 0 Å². The van der Waals surface area contributed by atoms with Crippen LogP contribution in [-0.2, 0) is 4.74 Å². The molecule has 8 nitrogen and oxygen atoms in total. The second kappa shape index (κ2) is 3.74. The van der Waals surface area contributed by atoms with Crippen molar-refractivity contribution in [3.05, 3.63) is 6.33 Å². The number of rotatable bonds is 2. The zero-order valence-corrected chi connectivity index (χ0v) is 7.76. The Bertz CT molecular complexity index is 343. The summed E-state index contributed by atoms with van der Waals surface area (Å²) < 4.78 is 6.40. The van der Waals surface area contributed by atoms with Crippen molar-refractivity contribution >= 4 is 5.95 Å². The van der Waals surface area contributed by atoms with E-state index >= 15 is 0 Å². The number of nitrogens with two attached hydrogens (primary N) is 1. The molecule has 1 aromatic heterocycles. The Morgan fingerprint density at radius 1 is 1.47 bits per heavy atom. The molecule has 1 aliphatic rings. The lowest BCUT2D eigenvalue weighted by Crippen LogP contribution is -2.33. The van der Waals surface area contributed by atoms with Gasteiger partial charge in [-0.3, -0.25) is 0 Å². The third-order valence-corrected chi connectivity index (χ3v) is 2.30. The number of anilines is 1. The van der Waals surface area contributed by atoms with E-state index in [2.05, 4.69) is 10.1 Å². The lowest BCUT2D eigenvalue weighted by atomic mass is 10.1. The van der Waals surface area contributed by atoms with Gasteiger partial charge in [-0.2, -0.15) is 0 Å². The normalized spacial score (nSPS) is 35.9. The lowest BCUT2D eigenvalue weighted by Gasteiger charge is -2.13. The monoisotopic (exact) mass is 216 g/mol. The molecule has 2 heterocycles. The first kappa shape index (κ1) is 10.3. The fourth-order valence-corrected chi connectivity index (χ4v) is 1.51. The SMILES string of the molecule is Nc1ncn([C@@H]2O[C@H](CO)[C@@H](O)[C@H]2O)n1. The van der Waals surface area contributed by atoms with Gasteiger partial charge in [0.1, 0.15) is 24.6 Å². The average Bonchev–Trinajstić information content (AvgIpc) is 2.74. The summed E-state index contributed by atoms with van der Waals surface area (Å²) >= 11 is 0. The van der Waals surface area contributed by atoms with Crippen molar-refractivity contribution in [1.82, 2.24) is 14.8 Å². The highest BCUT2D eigenvalue weighted by Crippen LogP contribution is 2.28. The number of aromatic nitrogens is 3. The third-order valence-electron chi connectivity index (χ3n) is 2.30. The van der Waals surface area contributed by atoms with Crippen molar-refractivity contribution in [3.8, 4) is 0 Å². The number of aliphatic hydroxyl groups excluding tert-OH is 3. The maximum Gasteiger partial charge on any atom is 0.239 e. The Morgan fingerprint density at radius 2 is 2.20 bits per heavy atom. The van der Waals surface area contributed by atoms with Crippen LogP contribution in [-0.4, -0.2) is 55.0 Å². The molecule has 0 saturated carbocycles. The summed E-state index contributed by atoms with van der Waals surface area (Å²) in [5, 5.41) is 31.7. The zero-order valence-electron chi connectivity index (χ0n) is 7.76. The fourth-order valence-electron chi connectivity index (χ4n) is 1.51. The Hall–Kier alpha value is -1.22. The van der Waals surface area contributed by atoms with E-state index in [1.165, 1.54) is 11.0 Å². The van der Waals surface area contributed by atoms with Crippen LogP contribution in [0, 0.1) is 0 Å². The molecule has 1 fully saturated rings. The molecule has 15 heavy (non-hydrogen) atoms. The Morgan fingerprint density at radius 3 is 2.67 bits per heavy atom. The first-order valence-corrected chi connectivity index (χ1v) is 4.42. The summed E-state index contributed by atoms with van der Waals surface area (Å²) in [4.78, 5) is 3.67. The highest BCUT2D eigenvalue weighted by molar-refractivity contribution is 5.09. The molecule has 0 unspecified atom stereocenters. The summed E-state index contributed by atoms with van der Waals surface area (Å²) in [6.45, 7) is -0.376. The smallest absolute Gasteiger partial charge is 0.239 e. The van der Waals surface area contributed by atoms with Crippen molar-refractivity contribution in [2.24, 2.45) is 0 Å². The van der Waals surface area contributed by atoms with E-state index in [-0.39, 0.29) is 12.6 Å². The van der Waals surface area contributed by atoms with Gasteiger partial charge in [0.25, 0.3) is 0 Å². The van der Waals surface area contributed by atoms with Crippen molar-refractivity contribution in [3.63, 3.8) is 0 Å². The highest BCUT2D eigenvalue weighted by Gasteiger charge is 2.43. The summed E-state index contributed by atoms with van der Waals surface area (Å²) in [6.07, 6.45) is -2.72. The minimum Gasteiger partial charge on any atom is -0.394 e. The first-order valence-electron chi connectivity index (χ1n) is 4.42. The molecular weight excluding hydrogens is 204 g/mol. The summed E-state index contributed by atoms with van der Waals surface area (Å²) in [6, 6.07) is 0. The van der Waals surface area contributed by atoms with Crippen LogP contribution >= 0.6 is 0 Å². The van der Waals surface area contributed by atoms with Gasteiger partial charge < -0.3 is 25.8 Å². The quantitative estimate of drug-likeness (QED) is 0.429. The predicted molar refractivity (Wildman–Crippen MR) is 47.4 cm³/mol. The van der Waals surface area contributed by atoms with Crippen LogP contribution in [0.5, 0.6) is 0 Å².